The van der Waals surface area contributed by atoms with Crippen LogP contribution >= 0.6 is 11.3 Å². The quantitative estimate of drug-likeness (QED) is 0.891. The zero-order valence-corrected chi connectivity index (χ0v) is 12.4. The number of aliphatic hydroxyl groups is 1. The number of aryl methyl sites for hydroxylation is 1. The summed E-state index contributed by atoms with van der Waals surface area (Å²) in [7, 11) is 0. The summed E-state index contributed by atoms with van der Waals surface area (Å²) in [6.45, 7) is 7.06. The highest BCUT2D eigenvalue weighted by Gasteiger charge is 2.42. The van der Waals surface area contributed by atoms with Gasteiger partial charge in [-0.1, -0.05) is 6.92 Å². The average Bonchev–Trinajstić information content (AvgIpc) is 2.78. The third-order valence-corrected chi connectivity index (χ3v) is 5.11. The van der Waals surface area contributed by atoms with Crippen LogP contribution in [0.3, 0.4) is 0 Å². The van der Waals surface area contributed by atoms with Crippen LogP contribution < -0.4 is 0 Å². The molecule has 1 unspecified atom stereocenters. The maximum atomic E-state index is 10.8. The van der Waals surface area contributed by atoms with Crippen LogP contribution in [0, 0.1) is 12.8 Å². The first-order chi connectivity index (χ1) is 8.59. The number of hydrogen-bond acceptors (Lipinski definition) is 3. The van der Waals surface area contributed by atoms with Gasteiger partial charge in [0.2, 0.25) is 0 Å². The Morgan fingerprint density at radius 1 is 1.50 bits per heavy atom. The van der Waals surface area contributed by atoms with E-state index in [1.165, 1.54) is 4.88 Å². The van der Waals surface area contributed by atoms with E-state index in [2.05, 4.69) is 19.2 Å². The second kappa shape index (κ2) is 5.72. The Kier molecular flexibility index (Phi) is 4.46. The van der Waals surface area contributed by atoms with E-state index in [9.17, 15) is 5.11 Å². The molecular formula is C15H24O2S. The van der Waals surface area contributed by atoms with Crippen molar-refractivity contribution in [3.63, 3.8) is 0 Å². The normalized spacial score (nSPS) is 30.3. The summed E-state index contributed by atoms with van der Waals surface area (Å²) < 4.78 is 6.01. The molecule has 0 aliphatic heterocycles. The third kappa shape index (κ3) is 2.63. The van der Waals surface area contributed by atoms with Gasteiger partial charge in [0.15, 0.2) is 0 Å². The zero-order chi connectivity index (χ0) is 13.2. The molecule has 0 radical (unpaired) electrons. The third-order valence-electron chi connectivity index (χ3n) is 4.24. The van der Waals surface area contributed by atoms with Gasteiger partial charge in [-0.05, 0) is 62.5 Å². The van der Waals surface area contributed by atoms with Gasteiger partial charge in [-0.2, -0.15) is 0 Å². The van der Waals surface area contributed by atoms with Gasteiger partial charge in [0.25, 0.3) is 0 Å². The van der Waals surface area contributed by atoms with E-state index in [0.717, 1.165) is 37.2 Å². The van der Waals surface area contributed by atoms with Crippen molar-refractivity contribution in [1.82, 2.24) is 0 Å². The van der Waals surface area contributed by atoms with Gasteiger partial charge in [-0.15, -0.1) is 11.3 Å². The molecule has 2 rings (SSSR count). The second-order valence-electron chi connectivity index (χ2n) is 5.51. The van der Waals surface area contributed by atoms with Crippen molar-refractivity contribution in [3.8, 4) is 0 Å². The lowest BCUT2D eigenvalue weighted by Gasteiger charge is -2.42. The highest BCUT2D eigenvalue weighted by atomic mass is 32.1. The largest absolute Gasteiger partial charge is 0.385 e. The monoisotopic (exact) mass is 268 g/mol. The Morgan fingerprint density at radius 2 is 2.17 bits per heavy atom. The van der Waals surface area contributed by atoms with Gasteiger partial charge < -0.3 is 9.84 Å². The van der Waals surface area contributed by atoms with Crippen molar-refractivity contribution in [1.29, 1.82) is 0 Å². The second-order valence-corrected chi connectivity index (χ2v) is 6.64. The predicted molar refractivity (Wildman–Crippen MR) is 76.0 cm³/mol. The van der Waals surface area contributed by atoms with Gasteiger partial charge in [0.05, 0.1) is 5.60 Å². The van der Waals surface area contributed by atoms with E-state index in [1.54, 1.807) is 11.3 Å². The Morgan fingerprint density at radius 3 is 2.67 bits per heavy atom. The van der Waals surface area contributed by atoms with Gasteiger partial charge in [-0.25, -0.2) is 0 Å². The van der Waals surface area contributed by atoms with Gasteiger partial charge in [0, 0.05) is 11.5 Å². The summed E-state index contributed by atoms with van der Waals surface area (Å²) >= 11 is 1.70. The summed E-state index contributed by atoms with van der Waals surface area (Å²) in [6.07, 6.45) is 3.77. The molecule has 18 heavy (non-hydrogen) atoms. The molecule has 0 bridgehead atoms. The first kappa shape index (κ1) is 14.0. The number of aliphatic hydroxyl groups excluding tert-OH is 1. The first-order valence-electron chi connectivity index (χ1n) is 6.95. The lowest BCUT2D eigenvalue weighted by molar-refractivity contribution is -0.146. The van der Waals surface area contributed by atoms with Crippen molar-refractivity contribution >= 4 is 11.3 Å². The van der Waals surface area contributed by atoms with Crippen molar-refractivity contribution in [2.24, 2.45) is 5.92 Å². The van der Waals surface area contributed by atoms with Crippen LogP contribution in [0.1, 0.15) is 56.1 Å². The molecule has 1 atom stereocenters. The summed E-state index contributed by atoms with van der Waals surface area (Å²) in [5.74, 6) is 0.759. The number of hydrogen-bond donors (Lipinski definition) is 1. The van der Waals surface area contributed by atoms with Crippen molar-refractivity contribution in [2.75, 3.05) is 6.61 Å². The standard InChI is InChI=1S/C15H24O2S/c1-4-17-15(8-5-11(2)6-9-15)14(16)13-7-10-18-12(13)3/h7,10-11,14,16H,4-6,8-9H2,1-3H3. The summed E-state index contributed by atoms with van der Waals surface area (Å²) in [5.41, 5.74) is 0.704. The summed E-state index contributed by atoms with van der Waals surface area (Å²) in [5, 5.41) is 12.8. The molecule has 1 aliphatic carbocycles. The Hall–Kier alpha value is -0.380. The van der Waals surface area contributed by atoms with Gasteiger partial charge in [-0.3, -0.25) is 0 Å². The molecule has 1 aliphatic rings. The van der Waals surface area contributed by atoms with E-state index in [4.69, 9.17) is 4.74 Å². The van der Waals surface area contributed by atoms with Crippen LogP contribution in [0.5, 0.6) is 0 Å². The van der Waals surface area contributed by atoms with E-state index in [-0.39, 0.29) is 5.60 Å². The van der Waals surface area contributed by atoms with Crippen LogP contribution in [0.4, 0.5) is 0 Å². The van der Waals surface area contributed by atoms with Crippen molar-refractivity contribution in [2.45, 2.75) is 58.2 Å². The molecule has 0 spiro atoms. The number of thiophene rings is 1. The first-order valence-corrected chi connectivity index (χ1v) is 7.83. The van der Waals surface area contributed by atoms with Gasteiger partial charge in [0.1, 0.15) is 6.10 Å². The summed E-state index contributed by atoms with van der Waals surface area (Å²) in [4.78, 5) is 1.21. The van der Waals surface area contributed by atoms with Crippen molar-refractivity contribution in [3.05, 3.63) is 21.9 Å². The lowest BCUT2D eigenvalue weighted by Crippen LogP contribution is -2.42. The molecule has 0 amide bonds. The van der Waals surface area contributed by atoms with Crippen LogP contribution in [0.2, 0.25) is 0 Å². The fourth-order valence-corrected chi connectivity index (χ4v) is 3.73. The van der Waals surface area contributed by atoms with Crippen LogP contribution in [-0.4, -0.2) is 17.3 Å². The number of rotatable bonds is 4. The maximum Gasteiger partial charge on any atom is 0.109 e. The Balaban J connectivity index is 2.22. The fourth-order valence-electron chi connectivity index (χ4n) is 3.00. The molecule has 1 N–H and O–H groups in total. The number of ether oxygens (including phenoxy) is 1. The molecule has 0 saturated heterocycles. The van der Waals surface area contributed by atoms with Crippen molar-refractivity contribution < 1.29 is 9.84 Å². The van der Waals surface area contributed by atoms with Crippen LogP contribution in [0.15, 0.2) is 11.4 Å². The molecule has 1 heterocycles. The molecule has 1 aromatic heterocycles. The molecule has 3 heteroatoms. The highest BCUT2D eigenvalue weighted by molar-refractivity contribution is 7.10. The maximum absolute atomic E-state index is 10.8. The molecule has 102 valence electrons. The topological polar surface area (TPSA) is 29.5 Å². The smallest absolute Gasteiger partial charge is 0.109 e. The fraction of sp³-hybridized carbons (Fsp3) is 0.733. The SMILES string of the molecule is CCOC1(C(O)c2ccsc2C)CCC(C)CC1. The minimum absolute atomic E-state index is 0.354. The molecule has 1 fully saturated rings. The average molecular weight is 268 g/mol. The van der Waals surface area contributed by atoms with E-state index < -0.39 is 6.10 Å². The van der Waals surface area contributed by atoms with Crippen LogP contribution in [0.25, 0.3) is 0 Å². The van der Waals surface area contributed by atoms with E-state index in [1.807, 2.05) is 13.0 Å². The molecule has 0 aromatic carbocycles. The summed E-state index contributed by atoms with van der Waals surface area (Å²) in [6, 6.07) is 2.05. The predicted octanol–water partition coefficient (Wildman–Crippen LogP) is 4.08. The highest BCUT2D eigenvalue weighted by Crippen LogP contribution is 2.44. The van der Waals surface area contributed by atoms with E-state index in [0.29, 0.717) is 6.61 Å². The minimum atomic E-state index is -0.476. The van der Waals surface area contributed by atoms with E-state index >= 15 is 0 Å². The molecule has 1 saturated carbocycles. The van der Waals surface area contributed by atoms with Gasteiger partial charge >= 0.3 is 0 Å². The zero-order valence-electron chi connectivity index (χ0n) is 11.6. The molecule has 1 aromatic rings. The molecular weight excluding hydrogens is 244 g/mol. The Labute approximate surface area is 114 Å². The Bertz CT molecular complexity index is 378. The van der Waals surface area contributed by atoms with Crippen LogP contribution in [-0.2, 0) is 4.74 Å². The molecule has 2 nitrogen and oxygen atoms in total. The lowest BCUT2D eigenvalue weighted by atomic mass is 9.74. The minimum Gasteiger partial charge on any atom is -0.385 e.